The van der Waals surface area contributed by atoms with Crippen molar-refractivity contribution in [2.45, 2.75) is 37.8 Å². The third-order valence-electron chi connectivity index (χ3n) is 6.99. The van der Waals surface area contributed by atoms with Gasteiger partial charge in [0, 0.05) is 29.6 Å². The second kappa shape index (κ2) is 14.6. The Bertz CT molecular complexity index is 1670. The van der Waals surface area contributed by atoms with Gasteiger partial charge in [0.15, 0.2) is 0 Å². The largest absolute Gasteiger partial charge is 0.355 e. The molecule has 0 aliphatic heterocycles. The Balaban J connectivity index is 1.81. The van der Waals surface area contributed by atoms with E-state index in [2.05, 4.69) is 5.32 Å². The van der Waals surface area contributed by atoms with Crippen LogP contribution >= 0.6 is 23.2 Å². The topological polar surface area (TPSA) is 86.8 Å². The highest BCUT2D eigenvalue weighted by Crippen LogP contribution is 2.29. The predicted molar refractivity (Wildman–Crippen MR) is 172 cm³/mol. The molecule has 4 rings (SSSR count). The highest BCUT2D eigenvalue weighted by Gasteiger charge is 2.35. The normalized spacial score (nSPS) is 11.9. The molecule has 10 heteroatoms. The molecule has 0 unspecified atom stereocenters. The fraction of sp³-hybridized carbons (Fsp3) is 0.212. The lowest BCUT2D eigenvalue weighted by Crippen LogP contribution is -2.53. The molecule has 0 saturated heterocycles. The third kappa shape index (κ3) is 7.96. The van der Waals surface area contributed by atoms with Crippen LogP contribution in [0.1, 0.15) is 23.6 Å². The summed E-state index contributed by atoms with van der Waals surface area (Å²) in [6, 6.07) is 28.2. The van der Waals surface area contributed by atoms with Crippen molar-refractivity contribution in [3.8, 4) is 0 Å². The van der Waals surface area contributed by atoms with E-state index in [0.29, 0.717) is 33.4 Å². The summed E-state index contributed by atoms with van der Waals surface area (Å²) in [5.41, 5.74) is 2.49. The fourth-order valence-electron chi connectivity index (χ4n) is 4.75. The van der Waals surface area contributed by atoms with Crippen LogP contribution in [0.25, 0.3) is 0 Å². The van der Waals surface area contributed by atoms with Gasteiger partial charge in [-0.05, 0) is 66.9 Å². The number of hydrogen-bond acceptors (Lipinski definition) is 4. The summed E-state index contributed by atoms with van der Waals surface area (Å²) < 4.78 is 29.2. The maximum absolute atomic E-state index is 14.4. The fourth-order valence-corrected chi connectivity index (χ4v) is 6.55. The summed E-state index contributed by atoms with van der Waals surface area (Å²) >= 11 is 12.5. The average Bonchev–Trinajstić information content (AvgIpc) is 2.99. The second-order valence-corrected chi connectivity index (χ2v) is 12.7. The first-order valence-electron chi connectivity index (χ1n) is 13.8. The van der Waals surface area contributed by atoms with Crippen LogP contribution in [0.3, 0.4) is 0 Å². The standard InChI is InChI=1S/C33H33Cl2N3O4S/c1-3-36-33(40)31(21-25-12-5-4-6-13-25)37(22-26-14-8-9-15-29(26)35)32(39)23-38(30-16-10-7-11-24(30)2)43(41,42)28-19-17-27(34)18-20-28/h4-20,31H,3,21-23H2,1-2H3,(H,36,40)/t31-/m1/s1. The molecule has 1 atom stereocenters. The Hall–Kier alpha value is -3.85. The summed E-state index contributed by atoms with van der Waals surface area (Å²) in [7, 11) is -4.22. The number of benzene rings is 4. The van der Waals surface area contributed by atoms with E-state index >= 15 is 0 Å². The van der Waals surface area contributed by atoms with Crippen LogP contribution in [0, 0.1) is 6.92 Å². The Labute approximate surface area is 263 Å². The summed E-state index contributed by atoms with van der Waals surface area (Å²) in [6.07, 6.45) is 0.219. The van der Waals surface area contributed by atoms with Crippen LogP contribution in [0.5, 0.6) is 0 Å². The summed E-state index contributed by atoms with van der Waals surface area (Å²) in [6.45, 7) is 3.38. The smallest absolute Gasteiger partial charge is 0.264 e. The van der Waals surface area contributed by atoms with Crippen LogP contribution < -0.4 is 9.62 Å². The number of hydrogen-bond donors (Lipinski definition) is 1. The number of nitrogens with zero attached hydrogens (tertiary/aromatic N) is 2. The zero-order valence-electron chi connectivity index (χ0n) is 23.9. The van der Waals surface area contributed by atoms with Crippen molar-refractivity contribution < 1.29 is 18.0 Å². The van der Waals surface area contributed by atoms with Gasteiger partial charge < -0.3 is 10.2 Å². The van der Waals surface area contributed by atoms with Gasteiger partial charge in [-0.2, -0.15) is 0 Å². The minimum absolute atomic E-state index is 0.00422. The molecule has 0 aromatic heterocycles. The van der Waals surface area contributed by atoms with Crippen molar-refractivity contribution in [3.63, 3.8) is 0 Å². The quantitative estimate of drug-likeness (QED) is 0.198. The number of para-hydroxylation sites is 1. The maximum atomic E-state index is 14.4. The van der Waals surface area contributed by atoms with E-state index in [9.17, 15) is 18.0 Å². The first-order chi connectivity index (χ1) is 20.6. The predicted octanol–water partition coefficient (Wildman–Crippen LogP) is 6.27. The average molecular weight is 639 g/mol. The number of anilines is 1. The van der Waals surface area contributed by atoms with Crippen molar-refractivity contribution in [2.75, 3.05) is 17.4 Å². The lowest BCUT2D eigenvalue weighted by atomic mass is 10.0. The minimum Gasteiger partial charge on any atom is -0.355 e. The monoisotopic (exact) mass is 637 g/mol. The van der Waals surface area contributed by atoms with Gasteiger partial charge in [0.25, 0.3) is 10.0 Å². The first kappa shape index (κ1) is 32.1. The molecular weight excluding hydrogens is 605 g/mol. The van der Waals surface area contributed by atoms with Crippen molar-refractivity contribution in [2.24, 2.45) is 0 Å². The molecule has 0 bridgehead atoms. The van der Waals surface area contributed by atoms with Gasteiger partial charge in [0.05, 0.1) is 10.6 Å². The van der Waals surface area contributed by atoms with E-state index in [-0.39, 0.29) is 23.8 Å². The van der Waals surface area contributed by atoms with Gasteiger partial charge in [-0.15, -0.1) is 0 Å². The molecule has 0 aliphatic rings. The number of carbonyl (C=O) groups is 2. The molecule has 4 aromatic rings. The second-order valence-electron chi connectivity index (χ2n) is 9.97. The molecule has 0 aliphatic carbocycles. The van der Waals surface area contributed by atoms with Gasteiger partial charge in [-0.3, -0.25) is 13.9 Å². The molecule has 2 amide bonds. The molecule has 224 valence electrons. The minimum atomic E-state index is -4.22. The Morgan fingerprint density at radius 2 is 1.47 bits per heavy atom. The number of aryl methyl sites for hydroxylation is 1. The van der Waals surface area contributed by atoms with Gasteiger partial charge >= 0.3 is 0 Å². The number of likely N-dealkylation sites (N-methyl/N-ethyl adjacent to an activating group) is 1. The first-order valence-corrected chi connectivity index (χ1v) is 16.0. The van der Waals surface area contributed by atoms with Crippen LogP contribution in [0.2, 0.25) is 10.0 Å². The number of amides is 2. The number of nitrogens with one attached hydrogen (secondary N) is 1. The van der Waals surface area contributed by atoms with E-state index in [0.717, 1.165) is 9.87 Å². The highest BCUT2D eigenvalue weighted by molar-refractivity contribution is 7.92. The lowest BCUT2D eigenvalue weighted by Gasteiger charge is -2.34. The van der Waals surface area contributed by atoms with E-state index in [1.54, 1.807) is 62.4 Å². The molecule has 1 N–H and O–H groups in total. The zero-order chi connectivity index (χ0) is 31.0. The maximum Gasteiger partial charge on any atom is 0.264 e. The molecule has 0 heterocycles. The van der Waals surface area contributed by atoms with Crippen molar-refractivity contribution in [3.05, 3.63) is 130 Å². The molecular formula is C33H33Cl2N3O4S. The third-order valence-corrected chi connectivity index (χ3v) is 9.38. The van der Waals surface area contributed by atoms with Gasteiger partial charge in [0.1, 0.15) is 12.6 Å². The van der Waals surface area contributed by atoms with E-state index in [1.165, 1.54) is 29.2 Å². The molecule has 0 fully saturated rings. The Morgan fingerprint density at radius 3 is 2.12 bits per heavy atom. The summed E-state index contributed by atoms with van der Waals surface area (Å²) in [5.74, 6) is -0.914. The lowest BCUT2D eigenvalue weighted by molar-refractivity contribution is -0.140. The molecule has 43 heavy (non-hydrogen) atoms. The van der Waals surface area contributed by atoms with Crippen molar-refractivity contribution in [1.82, 2.24) is 10.2 Å². The molecule has 4 aromatic carbocycles. The van der Waals surface area contributed by atoms with Crippen LogP contribution in [0.15, 0.2) is 108 Å². The van der Waals surface area contributed by atoms with Crippen LogP contribution in [0.4, 0.5) is 5.69 Å². The van der Waals surface area contributed by atoms with Crippen LogP contribution in [-0.2, 0) is 32.6 Å². The van der Waals surface area contributed by atoms with Gasteiger partial charge in [-0.1, -0.05) is 89.9 Å². The SMILES string of the molecule is CCNC(=O)[C@@H](Cc1ccccc1)N(Cc1ccccc1Cl)C(=O)CN(c1ccccc1C)S(=O)(=O)c1ccc(Cl)cc1. The van der Waals surface area contributed by atoms with Crippen molar-refractivity contribution >= 4 is 50.7 Å². The van der Waals surface area contributed by atoms with Crippen molar-refractivity contribution in [1.29, 1.82) is 0 Å². The summed E-state index contributed by atoms with van der Waals surface area (Å²) in [4.78, 5) is 29.3. The number of halogens is 2. The van der Waals surface area contributed by atoms with E-state index in [4.69, 9.17) is 23.2 Å². The van der Waals surface area contributed by atoms with E-state index in [1.807, 2.05) is 30.3 Å². The zero-order valence-corrected chi connectivity index (χ0v) is 26.2. The number of rotatable bonds is 12. The number of carbonyl (C=O) groups excluding carboxylic acids is 2. The Morgan fingerprint density at radius 1 is 0.837 bits per heavy atom. The Kier molecular flexibility index (Phi) is 10.9. The molecule has 0 radical (unpaired) electrons. The molecule has 7 nitrogen and oxygen atoms in total. The molecule has 0 spiro atoms. The van der Waals surface area contributed by atoms with Crippen LogP contribution in [-0.4, -0.2) is 44.3 Å². The van der Waals surface area contributed by atoms with Gasteiger partial charge in [0.2, 0.25) is 11.8 Å². The summed E-state index contributed by atoms with van der Waals surface area (Å²) in [5, 5.41) is 3.66. The molecule has 0 saturated carbocycles. The highest BCUT2D eigenvalue weighted by atomic mass is 35.5. The van der Waals surface area contributed by atoms with Gasteiger partial charge in [-0.25, -0.2) is 8.42 Å². The number of sulfonamides is 1. The van der Waals surface area contributed by atoms with E-state index < -0.39 is 28.5 Å².